The van der Waals surface area contributed by atoms with E-state index in [1.54, 1.807) is 12.4 Å². The van der Waals surface area contributed by atoms with Crippen molar-refractivity contribution in [3.8, 4) is 0 Å². The third kappa shape index (κ3) is 3.65. The lowest BCUT2D eigenvalue weighted by atomic mass is 9.79. The summed E-state index contributed by atoms with van der Waals surface area (Å²) >= 11 is 0. The monoisotopic (exact) mass is 353 g/mol. The number of carbonyl (C=O) groups is 1. The number of nitrogens with zero attached hydrogens (tertiary/aromatic N) is 5. The number of hydrogen-bond acceptors (Lipinski definition) is 4. The first-order valence-electron chi connectivity index (χ1n) is 9.49. The number of pyridine rings is 1. The molecule has 0 aliphatic carbocycles. The van der Waals surface area contributed by atoms with Gasteiger partial charge in [0.2, 0.25) is 5.91 Å². The highest BCUT2D eigenvalue weighted by Gasteiger charge is 2.42. The first-order valence-corrected chi connectivity index (χ1v) is 9.49. The predicted octanol–water partition coefficient (Wildman–Crippen LogP) is 1.87. The Morgan fingerprint density at radius 2 is 2.15 bits per heavy atom. The summed E-state index contributed by atoms with van der Waals surface area (Å²) < 4.78 is 2.09. The molecular formula is C20H27N5O. The van der Waals surface area contributed by atoms with E-state index < -0.39 is 0 Å². The summed E-state index contributed by atoms with van der Waals surface area (Å²) in [5.74, 6) is 1.35. The molecule has 0 radical (unpaired) electrons. The number of aryl methyl sites for hydroxylation is 1. The van der Waals surface area contributed by atoms with Crippen molar-refractivity contribution in [2.75, 3.05) is 26.2 Å². The average molecular weight is 353 g/mol. The third-order valence-corrected chi connectivity index (χ3v) is 5.90. The van der Waals surface area contributed by atoms with E-state index in [1.807, 2.05) is 31.6 Å². The Morgan fingerprint density at radius 1 is 1.23 bits per heavy atom. The van der Waals surface area contributed by atoms with Gasteiger partial charge in [0.15, 0.2) is 0 Å². The normalized spacial score (nSPS) is 23.7. The van der Waals surface area contributed by atoms with Gasteiger partial charge in [-0.25, -0.2) is 4.98 Å². The second-order valence-corrected chi connectivity index (χ2v) is 7.87. The summed E-state index contributed by atoms with van der Waals surface area (Å²) in [6.07, 6.45) is 11.4. The molecule has 0 bridgehead atoms. The van der Waals surface area contributed by atoms with Gasteiger partial charge in [-0.3, -0.25) is 14.7 Å². The molecule has 2 aromatic heterocycles. The SMILES string of the molecule is Cn1ccnc1CN1CC[C@@]2(CCCN(C(=O)Cc3cccnc3)C2)C1. The van der Waals surface area contributed by atoms with Gasteiger partial charge in [-0.15, -0.1) is 0 Å². The van der Waals surface area contributed by atoms with Crippen LogP contribution in [0.2, 0.25) is 0 Å². The number of carbonyl (C=O) groups excluding carboxylic acids is 1. The topological polar surface area (TPSA) is 54.3 Å². The molecule has 0 aromatic carbocycles. The van der Waals surface area contributed by atoms with Crippen molar-refractivity contribution in [3.05, 3.63) is 48.3 Å². The van der Waals surface area contributed by atoms with Crippen LogP contribution in [0.5, 0.6) is 0 Å². The Morgan fingerprint density at radius 3 is 2.92 bits per heavy atom. The highest BCUT2D eigenvalue weighted by molar-refractivity contribution is 5.78. The first kappa shape index (κ1) is 17.2. The van der Waals surface area contributed by atoms with E-state index in [1.165, 1.54) is 12.8 Å². The van der Waals surface area contributed by atoms with Crippen molar-refractivity contribution in [1.29, 1.82) is 0 Å². The van der Waals surface area contributed by atoms with Crippen molar-refractivity contribution in [1.82, 2.24) is 24.3 Å². The van der Waals surface area contributed by atoms with Gasteiger partial charge >= 0.3 is 0 Å². The van der Waals surface area contributed by atoms with Crippen LogP contribution in [-0.4, -0.2) is 56.4 Å². The van der Waals surface area contributed by atoms with Crippen molar-refractivity contribution >= 4 is 5.91 Å². The van der Waals surface area contributed by atoms with E-state index in [9.17, 15) is 4.79 Å². The van der Waals surface area contributed by atoms with Crippen LogP contribution in [0, 0.1) is 5.41 Å². The average Bonchev–Trinajstić information content (AvgIpc) is 3.23. The third-order valence-electron chi connectivity index (χ3n) is 5.90. The molecule has 2 aliphatic rings. The van der Waals surface area contributed by atoms with Crippen molar-refractivity contribution in [2.45, 2.75) is 32.2 Å². The molecule has 1 amide bonds. The smallest absolute Gasteiger partial charge is 0.227 e. The fraction of sp³-hybridized carbons (Fsp3) is 0.550. The number of piperidine rings is 1. The molecule has 26 heavy (non-hydrogen) atoms. The maximum absolute atomic E-state index is 12.8. The molecule has 0 saturated carbocycles. The summed E-state index contributed by atoms with van der Waals surface area (Å²) in [5.41, 5.74) is 1.26. The van der Waals surface area contributed by atoms with Crippen molar-refractivity contribution in [3.63, 3.8) is 0 Å². The van der Waals surface area contributed by atoms with Gasteiger partial charge in [-0.05, 0) is 37.4 Å². The number of hydrogen-bond donors (Lipinski definition) is 0. The van der Waals surface area contributed by atoms with Gasteiger partial charge in [-0.1, -0.05) is 6.07 Å². The molecule has 2 aromatic rings. The summed E-state index contributed by atoms with van der Waals surface area (Å²) in [6, 6.07) is 3.88. The zero-order valence-corrected chi connectivity index (χ0v) is 15.5. The van der Waals surface area contributed by atoms with Crippen LogP contribution in [-0.2, 0) is 24.8 Å². The van der Waals surface area contributed by atoms with Crippen LogP contribution in [0.4, 0.5) is 0 Å². The molecule has 2 aliphatic heterocycles. The highest BCUT2D eigenvalue weighted by atomic mass is 16.2. The number of amides is 1. The summed E-state index contributed by atoms with van der Waals surface area (Å²) in [6.45, 7) is 4.84. The lowest BCUT2D eigenvalue weighted by molar-refractivity contribution is -0.133. The Labute approximate surface area is 154 Å². The summed E-state index contributed by atoms with van der Waals surface area (Å²) in [7, 11) is 2.05. The van der Waals surface area contributed by atoms with E-state index in [-0.39, 0.29) is 11.3 Å². The van der Waals surface area contributed by atoms with Crippen molar-refractivity contribution in [2.24, 2.45) is 12.5 Å². The minimum absolute atomic E-state index is 0.236. The molecule has 138 valence electrons. The van der Waals surface area contributed by atoms with Gasteiger partial charge in [0.25, 0.3) is 0 Å². The Kier molecular flexibility index (Phi) is 4.76. The van der Waals surface area contributed by atoms with Crippen LogP contribution >= 0.6 is 0 Å². The number of imidazole rings is 1. The second kappa shape index (κ2) is 7.19. The molecule has 2 saturated heterocycles. The van der Waals surface area contributed by atoms with E-state index in [4.69, 9.17) is 0 Å². The van der Waals surface area contributed by atoms with Crippen LogP contribution in [0.15, 0.2) is 36.9 Å². The molecule has 4 heterocycles. The van der Waals surface area contributed by atoms with Gasteiger partial charge in [0.1, 0.15) is 5.82 Å². The molecule has 6 heteroatoms. The van der Waals surface area contributed by atoms with Crippen LogP contribution < -0.4 is 0 Å². The Balaban J connectivity index is 1.37. The zero-order chi connectivity index (χ0) is 18.0. The van der Waals surface area contributed by atoms with Crippen LogP contribution in [0.3, 0.4) is 0 Å². The highest BCUT2D eigenvalue weighted by Crippen LogP contribution is 2.39. The molecular weight excluding hydrogens is 326 g/mol. The lowest BCUT2D eigenvalue weighted by Gasteiger charge is -2.40. The van der Waals surface area contributed by atoms with Gasteiger partial charge in [0.05, 0.1) is 13.0 Å². The quantitative estimate of drug-likeness (QED) is 0.842. The second-order valence-electron chi connectivity index (χ2n) is 7.87. The van der Waals surface area contributed by atoms with Gasteiger partial charge in [0, 0.05) is 56.9 Å². The maximum atomic E-state index is 12.8. The number of rotatable bonds is 4. The molecule has 1 atom stereocenters. The molecule has 0 N–H and O–H groups in total. The van der Waals surface area contributed by atoms with Crippen molar-refractivity contribution < 1.29 is 4.79 Å². The predicted molar refractivity (Wildman–Crippen MR) is 99.3 cm³/mol. The van der Waals surface area contributed by atoms with Gasteiger partial charge in [-0.2, -0.15) is 0 Å². The molecule has 6 nitrogen and oxygen atoms in total. The van der Waals surface area contributed by atoms with Crippen LogP contribution in [0.25, 0.3) is 0 Å². The van der Waals surface area contributed by atoms with E-state index in [0.29, 0.717) is 6.42 Å². The maximum Gasteiger partial charge on any atom is 0.227 e. The zero-order valence-electron chi connectivity index (χ0n) is 15.5. The lowest BCUT2D eigenvalue weighted by Crippen LogP contribution is -2.47. The number of likely N-dealkylation sites (tertiary alicyclic amines) is 2. The van der Waals surface area contributed by atoms with E-state index in [2.05, 4.69) is 24.3 Å². The van der Waals surface area contributed by atoms with E-state index >= 15 is 0 Å². The first-order chi connectivity index (χ1) is 12.6. The van der Waals surface area contributed by atoms with E-state index in [0.717, 1.165) is 50.5 Å². The Hall–Kier alpha value is -2.21. The molecule has 0 unspecified atom stereocenters. The molecule has 1 spiro atoms. The minimum atomic E-state index is 0.236. The summed E-state index contributed by atoms with van der Waals surface area (Å²) in [4.78, 5) is 25.9. The number of aromatic nitrogens is 3. The molecule has 4 rings (SSSR count). The van der Waals surface area contributed by atoms with Crippen LogP contribution in [0.1, 0.15) is 30.7 Å². The standard InChI is InChI=1S/C20H27N5O/c1-23-11-8-22-18(23)14-24-10-6-20(15-24)5-3-9-25(16-20)19(26)12-17-4-2-7-21-13-17/h2,4,7-8,11,13H,3,5-6,9-10,12,14-16H2,1H3/t20-/m0/s1. The fourth-order valence-corrected chi connectivity index (χ4v) is 4.45. The Bertz CT molecular complexity index is 759. The largest absolute Gasteiger partial charge is 0.342 e. The van der Waals surface area contributed by atoms with Gasteiger partial charge < -0.3 is 9.47 Å². The summed E-state index contributed by atoms with van der Waals surface area (Å²) in [5, 5.41) is 0. The minimum Gasteiger partial charge on any atom is -0.342 e. The molecule has 2 fully saturated rings. The fourth-order valence-electron chi connectivity index (χ4n) is 4.45.